The molecule has 0 radical (unpaired) electrons. The number of hydrogen-bond acceptors (Lipinski definition) is 3. The van der Waals surface area contributed by atoms with Gasteiger partial charge in [0, 0.05) is 10.6 Å². The first-order valence-electron chi connectivity index (χ1n) is 6.48. The molecule has 0 aliphatic carbocycles. The molecule has 118 valence electrons. The first-order chi connectivity index (χ1) is 11.0. The summed E-state index contributed by atoms with van der Waals surface area (Å²) in [6.45, 7) is 0.309. The van der Waals surface area contributed by atoms with Gasteiger partial charge in [-0.2, -0.15) is 0 Å². The summed E-state index contributed by atoms with van der Waals surface area (Å²) in [6.07, 6.45) is 5.08. The largest absolute Gasteiger partial charge is 0.487 e. The molecule has 0 heterocycles. The van der Waals surface area contributed by atoms with E-state index in [-0.39, 0.29) is 6.61 Å². The molecular weight excluding hydrogens is 541 g/mol. The minimum absolute atomic E-state index is 0.0449. The summed E-state index contributed by atoms with van der Waals surface area (Å²) >= 11 is 10.4. The van der Waals surface area contributed by atoms with Crippen molar-refractivity contribution in [1.82, 2.24) is 0 Å². The Kier molecular flexibility index (Phi) is 6.99. The van der Waals surface area contributed by atoms with Crippen LogP contribution in [0.5, 0.6) is 5.75 Å². The molecule has 0 fully saturated rings. The number of terminal acetylenes is 1. The van der Waals surface area contributed by atoms with Crippen molar-refractivity contribution < 1.29 is 14.3 Å². The zero-order chi connectivity index (χ0) is 16.8. The summed E-state index contributed by atoms with van der Waals surface area (Å²) < 4.78 is 12.4. The fourth-order valence-electron chi connectivity index (χ4n) is 1.77. The van der Waals surface area contributed by atoms with Gasteiger partial charge in [-0.15, -0.1) is 6.42 Å². The van der Waals surface area contributed by atoms with Gasteiger partial charge in [-0.3, -0.25) is 0 Å². The summed E-state index contributed by atoms with van der Waals surface area (Å²) in [4.78, 5) is 11.9. The molecular formula is C17H11ClI2O3. The molecule has 6 heteroatoms. The van der Waals surface area contributed by atoms with E-state index in [0.29, 0.717) is 22.9 Å². The highest BCUT2D eigenvalue weighted by Crippen LogP contribution is 2.30. The lowest BCUT2D eigenvalue weighted by atomic mass is 10.2. The Labute approximate surface area is 167 Å². The second-order valence-corrected chi connectivity index (χ2v) is 7.16. The Morgan fingerprint density at radius 2 is 1.87 bits per heavy atom. The van der Waals surface area contributed by atoms with Crippen molar-refractivity contribution in [3.8, 4) is 18.1 Å². The van der Waals surface area contributed by atoms with Crippen LogP contribution in [-0.4, -0.2) is 12.6 Å². The highest BCUT2D eigenvalue weighted by atomic mass is 127. The molecule has 0 spiro atoms. The minimum atomic E-state index is -0.448. The second-order valence-electron chi connectivity index (χ2n) is 4.43. The van der Waals surface area contributed by atoms with E-state index in [4.69, 9.17) is 27.5 Å². The fraction of sp³-hybridized carbons (Fsp3) is 0.118. The van der Waals surface area contributed by atoms with Crippen molar-refractivity contribution in [3.05, 3.63) is 59.7 Å². The summed E-state index contributed by atoms with van der Waals surface area (Å²) in [5.74, 6) is 2.53. The van der Waals surface area contributed by atoms with Crippen LogP contribution in [0.25, 0.3) is 0 Å². The zero-order valence-electron chi connectivity index (χ0n) is 11.8. The maximum Gasteiger partial charge on any atom is 0.339 e. The van der Waals surface area contributed by atoms with Gasteiger partial charge in [0.25, 0.3) is 0 Å². The van der Waals surface area contributed by atoms with Crippen LogP contribution < -0.4 is 4.74 Å². The highest BCUT2D eigenvalue weighted by Gasteiger charge is 2.15. The molecule has 0 saturated carbocycles. The van der Waals surface area contributed by atoms with Crippen LogP contribution in [0, 0.1) is 19.5 Å². The van der Waals surface area contributed by atoms with E-state index in [0.717, 1.165) is 12.7 Å². The van der Waals surface area contributed by atoms with Crippen LogP contribution in [0.15, 0.2) is 36.4 Å². The van der Waals surface area contributed by atoms with Crippen molar-refractivity contribution >= 4 is 62.8 Å². The molecule has 2 aromatic carbocycles. The summed E-state index contributed by atoms with van der Waals surface area (Å²) in [7, 11) is 0. The van der Waals surface area contributed by atoms with Crippen LogP contribution >= 0.6 is 56.8 Å². The van der Waals surface area contributed by atoms with Crippen molar-refractivity contribution in [2.75, 3.05) is 6.61 Å². The van der Waals surface area contributed by atoms with Gasteiger partial charge in [-0.25, -0.2) is 4.79 Å². The highest BCUT2D eigenvalue weighted by molar-refractivity contribution is 14.1. The second kappa shape index (κ2) is 8.76. The minimum Gasteiger partial charge on any atom is -0.487 e. The Balaban J connectivity index is 2.16. The molecule has 0 N–H and O–H groups in total. The number of benzene rings is 2. The van der Waals surface area contributed by atoms with E-state index >= 15 is 0 Å². The number of esters is 1. The van der Waals surface area contributed by atoms with E-state index in [2.05, 4.69) is 51.1 Å². The predicted octanol–water partition coefficient (Wildman–Crippen LogP) is 4.92. The molecule has 2 rings (SSSR count). The van der Waals surface area contributed by atoms with E-state index in [1.54, 1.807) is 12.1 Å². The Hall–Kier alpha value is -0.980. The molecule has 0 amide bonds. The van der Waals surface area contributed by atoms with Crippen molar-refractivity contribution in [1.29, 1.82) is 0 Å². The number of ether oxygens (including phenoxy) is 2. The van der Waals surface area contributed by atoms with Gasteiger partial charge in [-0.1, -0.05) is 35.7 Å². The average Bonchev–Trinajstić information content (AvgIpc) is 2.53. The van der Waals surface area contributed by atoms with Crippen molar-refractivity contribution in [2.24, 2.45) is 0 Å². The molecule has 0 unspecified atom stereocenters. The number of rotatable bonds is 5. The number of hydrogen-bond donors (Lipinski definition) is 0. The molecule has 0 aliphatic heterocycles. The van der Waals surface area contributed by atoms with Gasteiger partial charge < -0.3 is 9.47 Å². The average molecular weight is 553 g/mol. The van der Waals surface area contributed by atoms with Gasteiger partial charge >= 0.3 is 5.97 Å². The maximum atomic E-state index is 11.9. The normalized spacial score (nSPS) is 10.0. The third-order valence-electron chi connectivity index (χ3n) is 2.85. The zero-order valence-corrected chi connectivity index (χ0v) is 16.9. The quantitative estimate of drug-likeness (QED) is 0.300. The van der Waals surface area contributed by atoms with E-state index in [9.17, 15) is 4.79 Å². The topological polar surface area (TPSA) is 35.5 Å². The maximum absolute atomic E-state index is 11.9. The molecule has 0 aromatic heterocycles. The van der Waals surface area contributed by atoms with Crippen LogP contribution in [0.3, 0.4) is 0 Å². The Morgan fingerprint density at radius 3 is 2.48 bits per heavy atom. The number of carbonyl (C=O) groups is 1. The first-order valence-corrected chi connectivity index (χ1v) is 9.02. The van der Waals surface area contributed by atoms with E-state index in [1.807, 2.05) is 24.3 Å². The van der Waals surface area contributed by atoms with Gasteiger partial charge in [0.05, 0.1) is 12.7 Å². The van der Waals surface area contributed by atoms with Crippen LogP contribution in [0.4, 0.5) is 0 Å². The SMILES string of the molecule is C#CCOC(=O)c1cc(I)c(OCc2ccccc2Cl)c(I)c1. The van der Waals surface area contributed by atoms with Gasteiger partial charge in [-0.05, 0) is 63.4 Å². The van der Waals surface area contributed by atoms with Crippen LogP contribution in [0.1, 0.15) is 15.9 Å². The smallest absolute Gasteiger partial charge is 0.339 e. The molecule has 0 atom stereocenters. The molecule has 0 saturated heterocycles. The Bertz CT molecular complexity index is 746. The van der Waals surface area contributed by atoms with Gasteiger partial charge in [0.2, 0.25) is 0 Å². The van der Waals surface area contributed by atoms with E-state index in [1.165, 1.54) is 0 Å². The van der Waals surface area contributed by atoms with Crippen LogP contribution in [0.2, 0.25) is 5.02 Å². The van der Waals surface area contributed by atoms with Gasteiger partial charge in [0.15, 0.2) is 6.61 Å². The standard InChI is InChI=1S/C17H11ClI2O3/c1-2-7-22-17(21)12-8-14(19)16(15(20)9-12)23-10-11-5-3-4-6-13(11)18/h1,3-6,8-9H,7,10H2. The third kappa shape index (κ3) is 4.99. The monoisotopic (exact) mass is 552 g/mol. The molecule has 3 nitrogen and oxygen atoms in total. The first kappa shape index (κ1) is 18.4. The molecule has 23 heavy (non-hydrogen) atoms. The van der Waals surface area contributed by atoms with Crippen molar-refractivity contribution in [3.63, 3.8) is 0 Å². The number of carbonyl (C=O) groups excluding carboxylic acids is 1. The van der Waals surface area contributed by atoms with Crippen molar-refractivity contribution in [2.45, 2.75) is 6.61 Å². The lowest BCUT2D eigenvalue weighted by Crippen LogP contribution is -2.07. The summed E-state index contributed by atoms with van der Waals surface area (Å²) in [5.41, 5.74) is 1.34. The molecule has 0 bridgehead atoms. The summed E-state index contributed by atoms with van der Waals surface area (Å²) in [5, 5.41) is 0.659. The predicted molar refractivity (Wildman–Crippen MR) is 107 cm³/mol. The lowest BCUT2D eigenvalue weighted by molar-refractivity contribution is 0.0556. The summed E-state index contributed by atoms with van der Waals surface area (Å²) in [6, 6.07) is 10.9. The lowest BCUT2D eigenvalue weighted by Gasteiger charge is -2.12. The fourth-order valence-corrected chi connectivity index (χ4v) is 4.04. The molecule has 2 aromatic rings. The Morgan fingerprint density at radius 1 is 1.22 bits per heavy atom. The van der Waals surface area contributed by atoms with Gasteiger partial charge in [0.1, 0.15) is 12.4 Å². The third-order valence-corrected chi connectivity index (χ3v) is 4.82. The number of halogens is 3. The van der Waals surface area contributed by atoms with Crippen LogP contribution in [-0.2, 0) is 11.3 Å². The van der Waals surface area contributed by atoms with E-state index < -0.39 is 5.97 Å². The molecule has 0 aliphatic rings.